The smallest absolute Gasteiger partial charge is 0.246 e. The molecule has 2 saturated heterocycles. The number of nitrogens with zero attached hydrogens (tertiary/aromatic N) is 2. The van der Waals surface area contributed by atoms with Gasteiger partial charge in [0, 0.05) is 18.0 Å². The zero-order chi connectivity index (χ0) is 15.0. The topological polar surface area (TPSA) is 40.6 Å². The van der Waals surface area contributed by atoms with Crippen LogP contribution in [0.4, 0.5) is 0 Å². The van der Waals surface area contributed by atoms with Gasteiger partial charge in [0.2, 0.25) is 11.8 Å². The van der Waals surface area contributed by atoms with Gasteiger partial charge in [-0.15, -0.1) is 11.3 Å². The van der Waals surface area contributed by atoms with Crippen molar-refractivity contribution in [2.24, 2.45) is 0 Å². The van der Waals surface area contributed by atoms with Gasteiger partial charge in [-0.1, -0.05) is 0 Å². The van der Waals surface area contributed by atoms with E-state index in [2.05, 4.69) is 22.0 Å². The largest absolute Gasteiger partial charge is 0.329 e. The molecule has 2 amide bonds. The highest BCUT2D eigenvalue weighted by Gasteiger charge is 2.44. The molecule has 1 aromatic heterocycles. The summed E-state index contributed by atoms with van der Waals surface area (Å²) in [5.74, 6) is 0.254. The molecule has 0 spiro atoms. The normalized spacial score (nSPS) is 26.2. The molecule has 21 heavy (non-hydrogen) atoms. The molecule has 2 fully saturated rings. The molecule has 1 aromatic rings. The van der Waals surface area contributed by atoms with E-state index in [1.807, 2.05) is 13.0 Å². The van der Waals surface area contributed by atoms with Gasteiger partial charge < -0.3 is 9.80 Å². The van der Waals surface area contributed by atoms with Crippen molar-refractivity contribution in [3.8, 4) is 0 Å². The SMILES string of the molecule is CC1C(=O)N2CCCCC2C(=O)N1CCc1ccc(Br)s1. The summed E-state index contributed by atoms with van der Waals surface area (Å²) in [5, 5.41) is 0. The number of rotatable bonds is 3. The van der Waals surface area contributed by atoms with Crippen LogP contribution >= 0.6 is 27.3 Å². The van der Waals surface area contributed by atoms with E-state index in [9.17, 15) is 9.59 Å². The van der Waals surface area contributed by atoms with Gasteiger partial charge in [0.15, 0.2) is 0 Å². The predicted molar refractivity (Wildman–Crippen MR) is 86.3 cm³/mol. The van der Waals surface area contributed by atoms with Crippen LogP contribution in [0.1, 0.15) is 31.1 Å². The molecule has 2 aliphatic heterocycles. The first-order valence-corrected chi connectivity index (χ1v) is 9.04. The second-order valence-electron chi connectivity index (χ2n) is 5.71. The molecule has 6 heteroatoms. The molecule has 114 valence electrons. The second kappa shape index (κ2) is 6.08. The summed E-state index contributed by atoms with van der Waals surface area (Å²) in [5.41, 5.74) is 0. The highest BCUT2D eigenvalue weighted by molar-refractivity contribution is 9.11. The van der Waals surface area contributed by atoms with Gasteiger partial charge in [0.25, 0.3) is 0 Å². The van der Waals surface area contributed by atoms with Crippen LogP contribution in [0.5, 0.6) is 0 Å². The number of thiophene rings is 1. The summed E-state index contributed by atoms with van der Waals surface area (Å²) in [6, 6.07) is 3.56. The monoisotopic (exact) mass is 370 g/mol. The average molecular weight is 371 g/mol. The van der Waals surface area contributed by atoms with Gasteiger partial charge >= 0.3 is 0 Å². The van der Waals surface area contributed by atoms with Crippen molar-refractivity contribution in [2.45, 2.75) is 44.7 Å². The van der Waals surface area contributed by atoms with Crippen molar-refractivity contribution in [2.75, 3.05) is 13.1 Å². The standard InChI is InChI=1S/C15H19BrN2O2S/c1-10-14(19)18-8-3-2-4-12(18)15(20)17(10)9-7-11-5-6-13(16)21-11/h5-6,10,12H,2-4,7-9H2,1H3. The van der Waals surface area contributed by atoms with Crippen molar-refractivity contribution in [3.05, 3.63) is 20.8 Å². The van der Waals surface area contributed by atoms with Gasteiger partial charge in [-0.3, -0.25) is 9.59 Å². The second-order valence-corrected chi connectivity index (χ2v) is 8.25. The maximum absolute atomic E-state index is 12.7. The Labute approximate surface area is 137 Å². The molecular formula is C15H19BrN2O2S. The number of piperazine rings is 1. The third kappa shape index (κ3) is 2.88. The van der Waals surface area contributed by atoms with E-state index >= 15 is 0 Å². The fourth-order valence-corrected chi connectivity index (χ4v) is 4.70. The lowest BCUT2D eigenvalue weighted by molar-refractivity contribution is -0.162. The Bertz CT molecular complexity index is 560. The van der Waals surface area contributed by atoms with Crippen LogP contribution in [0.2, 0.25) is 0 Å². The van der Waals surface area contributed by atoms with E-state index in [0.717, 1.165) is 36.0 Å². The molecule has 0 saturated carbocycles. The Morgan fingerprint density at radius 1 is 1.29 bits per heavy atom. The molecule has 0 bridgehead atoms. The summed E-state index contributed by atoms with van der Waals surface area (Å²) in [6.07, 6.45) is 3.69. The molecule has 2 unspecified atom stereocenters. The molecule has 3 rings (SSSR count). The van der Waals surface area contributed by atoms with Crippen molar-refractivity contribution in [1.82, 2.24) is 9.80 Å². The Kier molecular flexibility index (Phi) is 4.36. The number of hydrogen-bond donors (Lipinski definition) is 0. The van der Waals surface area contributed by atoms with Crippen molar-refractivity contribution in [3.63, 3.8) is 0 Å². The number of fused-ring (bicyclic) bond motifs is 1. The third-order valence-corrected chi connectivity index (χ3v) is 6.09. The molecule has 2 atom stereocenters. The number of halogens is 1. The lowest BCUT2D eigenvalue weighted by atomic mass is 9.95. The molecule has 0 N–H and O–H groups in total. The Morgan fingerprint density at radius 2 is 2.10 bits per heavy atom. The molecule has 0 aliphatic carbocycles. The van der Waals surface area contributed by atoms with Gasteiger partial charge in [0.1, 0.15) is 12.1 Å². The minimum Gasteiger partial charge on any atom is -0.329 e. The fourth-order valence-electron chi connectivity index (χ4n) is 3.23. The lowest BCUT2D eigenvalue weighted by Crippen LogP contribution is -2.65. The van der Waals surface area contributed by atoms with Crippen molar-refractivity contribution >= 4 is 39.1 Å². The molecule has 0 aromatic carbocycles. The number of carbonyl (C=O) groups is 2. The number of piperidine rings is 1. The molecule has 2 aliphatic rings. The van der Waals surface area contributed by atoms with E-state index in [4.69, 9.17) is 0 Å². The van der Waals surface area contributed by atoms with Crippen LogP contribution in [-0.2, 0) is 16.0 Å². The zero-order valence-electron chi connectivity index (χ0n) is 12.0. The molecule has 3 heterocycles. The summed E-state index contributed by atoms with van der Waals surface area (Å²) >= 11 is 5.14. The summed E-state index contributed by atoms with van der Waals surface area (Å²) in [7, 11) is 0. The first kappa shape index (κ1) is 15.0. The van der Waals surface area contributed by atoms with Gasteiger partial charge in [-0.25, -0.2) is 0 Å². The summed E-state index contributed by atoms with van der Waals surface area (Å²) in [4.78, 5) is 29.9. The first-order chi connectivity index (χ1) is 10.1. The first-order valence-electron chi connectivity index (χ1n) is 7.43. The number of carbonyl (C=O) groups excluding carboxylic acids is 2. The Morgan fingerprint density at radius 3 is 2.81 bits per heavy atom. The van der Waals surface area contributed by atoms with E-state index in [1.54, 1.807) is 21.1 Å². The van der Waals surface area contributed by atoms with Crippen LogP contribution in [0.25, 0.3) is 0 Å². The molecular weight excluding hydrogens is 352 g/mol. The predicted octanol–water partition coefficient (Wildman–Crippen LogP) is 2.66. The third-order valence-electron chi connectivity index (χ3n) is 4.41. The summed E-state index contributed by atoms with van der Waals surface area (Å²) in [6.45, 7) is 3.23. The van der Waals surface area contributed by atoms with Crippen LogP contribution in [0.15, 0.2) is 15.9 Å². The summed E-state index contributed by atoms with van der Waals surface area (Å²) < 4.78 is 1.10. The van der Waals surface area contributed by atoms with E-state index in [0.29, 0.717) is 6.54 Å². The van der Waals surface area contributed by atoms with Gasteiger partial charge in [0.05, 0.1) is 3.79 Å². The molecule has 4 nitrogen and oxygen atoms in total. The number of hydrogen-bond acceptors (Lipinski definition) is 3. The highest BCUT2D eigenvalue weighted by Crippen LogP contribution is 2.27. The highest BCUT2D eigenvalue weighted by atomic mass is 79.9. The zero-order valence-corrected chi connectivity index (χ0v) is 14.5. The number of amides is 2. The Hall–Kier alpha value is -0.880. The van der Waals surface area contributed by atoms with E-state index in [1.165, 1.54) is 4.88 Å². The van der Waals surface area contributed by atoms with E-state index < -0.39 is 0 Å². The van der Waals surface area contributed by atoms with E-state index in [-0.39, 0.29) is 23.9 Å². The van der Waals surface area contributed by atoms with Crippen molar-refractivity contribution < 1.29 is 9.59 Å². The van der Waals surface area contributed by atoms with Crippen LogP contribution in [0, 0.1) is 0 Å². The minimum absolute atomic E-state index is 0.117. The maximum atomic E-state index is 12.7. The van der Waals surface area contributed by atoms with Crippen LogP contribution in [-0.4, -0.2) is 46.8 Å². The van der Waals surface area contributed by atoms with Crippen LogP contribution < -0.4 is 0 Å². The van der Waals surface area contributed by atoms with Crippen LogP contribution in [0.3, 0.4) is 0 Å². The average Bonchev–Trinajstić information content (AvgIpc) is 2.90. The van der Waals surface area contributed by atoms with Gasteiger partial charge in [-0.2, -0.15) is 0 Å². The minimum atomic E-state index is -0.324. The maximum Gasteiger partial charge on any atom is 0.246 e. The van der Waals surface area contributed by atoms with Gasteiger partial charge in [-0.05, 0) is 60.7 Å². The van der Waals surface area contributed by atoms with Crippen molar-refractivity contribution in [1.29, 1.82) is 0 Å². The quantitative estimate of drug-likeness (QED) is 0.820. The fraction of sp³-hybridized carbons (Fsp3) is 0.600. The lowest BCUT2D eigenvalue weighted by Gasteiger charge is -2.46. The molecule has 0 radical (unpaired) electrons. The Balaban J connectivity index is 1.71.